The third kappa shape index (κ3) is 3.08. The first kappa shape index (κ1) is 16.0. The first-order valence-corrected chi connectivity index (χ1v) is 7.83. The topological polar surface area (TPSA) is 75.6 Å². The van der Waals surface area contributed by atoms with Crippen LogP contribution in [0.2, 0.25) is 0 Å². The van der Waals surface area contributed by atoms with E-state index in [1.54, 1.807) is 17.1 Å². The molecule has 0 atom stereocenters. The third-order valence-corrected chi connectivity index (χ3v) is 3.69. The van der Waals surface area contributed by atoms with Crippen molar-refractivity contribution in [2.45, 2.75) is 33.2 Å². The molecule has 6 heteroatoms. The molecule has 0 fully saturated rings. The molecular formula is C18H21N5O. The summed E-state index contributed by atoms with van der Waals surface area (Å²) in [6.07, 6.45) is 5.30. The minimum atomic E-state index is -0.326. The van der Waals surface area contributed by atoms with E-state index in [9.17, 15) is 4.79 Å². The first-order valence-electron chi connectivity index (χ1n) is 7.83. The summed E-state index contributed by atoms with van der Waals surface area (Å²) < 4.78 is 1.71. The van der Waals surface area contributed by atoms with Gasteiger partial charge in [-0.3, -0.25) is 9.89 Å². The summed E-state index contributed by atoms with van der Waals surface area (Å²) in [6.45, 7) is 7.83. The van der Waals surface area contributed by atoms with E-state index in [2.05, 4.69) is 20.6 Å². The zero-order valence-corrected chi connectivity index (χ0v) is 14.3. The summed E-state index contributed by atoms with van der Waals surface area (Å²) in [5, 5.41) is 14.4. The second-order valence-electron chi connectivity index (χ2n) is 6.75. The van der Waals surface area contributed by atoms with Gasteiger partial charge < -0.3 is 5.32 Å². The van der Waals surface area contributed by atoms with E-state index >= 15 is 0 Å². The van der Waals surface area contributed by atoms with Crippen molar-refractivity contribution in [2.75, 3.05) is 0 Å². The van der Waals surface area contributed by atoms with Crippen LogP contribution in [-0.4, -0.2) is 31.4 Å². The monoisotopic (exact) mass is 323 g/mol. The Kier molecular flexibility index (Phi) is 3.97. The minimum absolute atomic E-state index is 0.122. The van der Waals surface area contributed by atoms with E-state index < -0.39 is 0 Å². The van der Waals surface area contributed by atoms with Gasteiger partial charge in [0.15, 0.2) is 0 Å². The average Bonchev–Trinajstić information content (AvgIpc) is 3.18. The van der Waals surface area contributed by atoms with Crippen LogP contribution in [0.25, 0.3) is 16.9 Å². The summed E-state index contributed by atoms with van der Waals surface area (Å²) in [7, 11) is 0. The van der Waals surface area contributed by atoms with Gasteiger partial charge in [-0.2, -0.15) is 10.2 Å². The highest BCUT2D eigenvalue weighted by Crippen LogP contribution is 2.28. The van der Waals surface area contributed by atoms with Crippen LogP contribution in [-0.2, 0) is 0 Å². The SMILES string of the molecule is Cc1c(-c2cc[nH]n2)ccc(-n2cccn2)c1C(=O)NC(C)(C)C. The van der Waals surface area contributed by atoms with Crippen molar-refractivity contribution in [3.05, 3.63) is 54.0 Å². The predicted molar refractivity (Wildman–Crippen MR) is 93.1 cm³/mol. The van der Waals surface area contributed by atoms with Gasteiger partial charge in [0.25, 0.3) is 5.91 Å². The lowest BCUT2D eigenvalue weighted by Gasteiger charge is -2.23. The molecule has 0 bridgehead atoms. The smallest absolute Gasteiger partial charge is 0.254 e. The highest BCUT2D eigenvalue weighted by Gasteiger charge is 2.23. The summed E-state index contributed by atoms with van der Waals surface area (Å²) in [5.74, 6) is -0.122. The number of aromatic nitrogens is 4. The normalized spacial score (nSPS) is 11.5. The third-order valence-electron chi connectivity index (χ3n) is 3.69. The molecule has 0 aliphatic heterocycles. The molecule has 0 unspecified atom stereocenters. The molecule has 6 nitrogen and oxygen atoms in total. The van der Waals surface area contributed by atoms with Gasteiger partial charge in [-0.25, -0.2) is 4.68 Å². The summed E-state index contributed by atoms with van der Waals surface area (Å²) in [5.41, 5.74) is 3.63. The molecule has 0 saturated carbocycles. The molecule has 2 aromatic heterocycles. The van der Waals surface area contributed by atoms with Crippen molar-refractivity contribution in [1.82, 2.24) is 25.3 Å². The molecule has 0 radical (unpaired) electrons. The lowest BCUT2D eigenvalue weighted by Crippen LogP contribution is -2.41. The Morgan fingerprint density at radius 3 is 2.62 bits per heavy atom. The van der Waals surface area contributed by atoms with Crippen molar-refractivity contribution < 1.29 is 4.79 Å². The fourth-order valence-electron chi connectivity index (χ4n) is 2.68. The highest BCUT2D eigenvalue weighted by atomic mass is 16.1. The van der Waals surface area contributed by atoms with Crippen LogP contribution in [0, 0.1) is 6.92 Å². The highest BCUT2D eigenvalue weighted by molar-refractivity contribution is 6.01. The Balaban J connectivity index is 2.18. The second-order valence-corrected chi connectivity index (χ2v) is 6.75. The standard InChI is InChI=1S/C18H21N5O/c1-12-13(14-8-10-19-22-14)6-7-15(23-11-5-9-20-23)16(12)17(24)21-18(2,3)4/h5-11H,1-4H3,(H,19,22)(H,21,24). The Morgan fingerprint density at radius 1 is 1.25 bits per heavy atom. The maximum atomic E-state index is 12.9. The molecule has 3 rings (SSSR count). The van der Waals surface area contributed by atoms with Gasteiger partial charge in [0.2, 0.25) is 0 Å². The molecule has 1 aromatic carbocycles. The van der Waals surface area contributed by atoms with Crippen LogP contribution in [0.15, 0.2) is 42.9 Å². The van der Waals surface area contributed by atoms with Crippen LogP contribution in [0.1, 0.15) is 36.7 Å². The number of nitrogens with zero attached hydrogens (tertiary/aromatic N) is 3. The number of benzene rings is 1. The number of rotatable bonds is 3. The molecule has 124 valence electrons. The number of H-pyrrole nitrogens is 1. The quantitative estimate of drug-likeness (QED) is 0.777. The molecule has 1 amide bonds. The molecule has 24 heavy (non-hydrogen) atoms. The van der Waals surface area contributed by atoms with Crippen molar-refractivity contribution >= 4 is 5.91 Å². The van der Waals surface area contributed by atoms with Crippen LogP contribution in [0.3, 0.4) is 0 Å². The lowest BCUT2D eigenvalue weighted by molar-refractivity contribution is 0.0919. The molecule has 3 aromatic rings. The molecular weight excluding hydrogens is 302 g/mol. The minimum Gasteiger partial charge on any atom is -0.347 e. The van der Waals surface area contributed by atoms with Gasteiger partial charge in [-0.05, 0) is 51.5 Å². The van der Waals surface area contributed by atoms with E-state index in [0.717, 1.165) is 22.5 Å². The number of carbonyl (C=O) groups is 1. The van der Waals surface area contributed by atoms with Crippen molar-refractivity contribution in [2.24, 2.45) is 0 Å². The van der Waals surface area contributed by atoms with E-state index in [4.69, 9.17) is 0 Å². The van der Waals surface area contributed by atoms with Crippen LogP contribution in [0.4, 0.5) is 0 Å². The van der Waals surface area contributed by atoms with Gasteiger partial charge in [0.1, 0.15) is 0 Å². The largest absolute Gasteiger partial charge is 0.347 e. The fourth-order valence-corrected chi connectivity index (χ4v) is 2.68. The average molecular weight is 323 g/mol. The zero-order chi connectivity index (χ0) is 17.3. The maximum Gasteiger partial charge on any atom is 0.254 e. The van der Waals surface area contributed by atoms with Crippen LogP contribution in [0.5, 0.6) is 0 Å². The van der Waals surface area contributed by atoms with Crippen molar-refractivity contribution in [3.63, 3.8) is 0 Å². The Bertz CT molecular complexity index is 842. The fraction of sp³-hybridized carbons (Fsp3) is 0.278. The summed E-state index contributed by atoms with van der Waals surface area (Å²) >= 11 is 0. The van der Waals surface area contributed by atoms with Crippen molar-refractivity contribution in [3.8, 4) is 16.9 Å². The number of amides is 1. The van der Waals surface area contributed by atoms with E-state index in [0.29, 0.717) is 5.56 Å². The summed E-state index contributed by atoms with van der Waals surface area (Å²) in [4.78, 5) is 12.9. The maximum absolute atomic E-state index is 12.9. The van der Waals surface area contributed by atoms with Gasteiger partial charge in [-0.1, -0.05) is 6.07 Å². The number of aromatic amines is 1. The number of carbonyl (C=O) groups excluding carboxylic acids is 1. The van der Waals surface area contributed by atoms with Crippen LogP contribution >= 0.6 is 0 Å². The van der Waals surface area contributed by atoms with Gasteiger partial charge in [0.05, 0.1) is 16.9 Å². The number of hydrogen-bond donors (Lipinski definition) is 2. The molecule has 0 saturated heterocycles. The Labute approximate surface area is 140 Å². The number of nitrogens with one attached hydrogen (secondary N) is 2. The first-order chi connectivity index (χ1) is 11.4. The van der Waals surface area contributed by atoms with Crippen LogP contribution < -0.4 is 5.32 Å². The predicted octanol–water partition coefficient (Wildman–Crippen LogP) is 3.10. The molecule has 0 aliphatic rings. The second kappa shape index (κ2) is 5.96. The Morgan fingerprint density at radius 2 is 2.04 bits per heavy atom. The van der Waals surface area contributed by atoms with Gasteiger partial charge in [-0.15, -0.1) is 0 Å². The molecule has 0 aliphatic carbocycles. The Hall–Kier alpha value is -2.89. The summed E-state index contributed by atoms with van der Waals surface area (Å²) in [6, 6.07) is 7.60. The van der Waals surface area contributed by atoms with Gasteiger partial charge >= 0.3 is 0 Å². The van der Waals surface area contributed by atoms with E-state index in [1.807, 2.05) is 58.2 Å². The number of hydrogen-bond acceptors (Lipinski definition) is 3. The molecule has 0 spiro atoms. The van der Waals surface area contributed by atoms with E-state index in [-0.39, 0.29) is 11.4 Å². The molecule has 2 N–H and O–H groups in total. The van der Waals surface area contributed by atoms with E-state index in [1.165, 1.54) is 0 Å². The lowest BCUT2D eigenvalue weighted by atomic mass is 9.96. The van der Waals surface area contributed by atoms with Gasteiger partial charge in [0, 0.05) is 29.7 Å². The zero-order valence-electron chi connectivity index (χ0n) is 14.3. The molecule has 2 heterocycles. The van der Waals surface area contributed by atoms with Crippen molar-refractivity contribution in [1.29, 1.82) is 0 Å².